The van der Waals surface area contributed by atoms with Crippen LogP contribution in [0.1, 0.15) is 19.3 Å². The molecule has 2 aromatic rings. The highest BCUT2D eigenvalue weighted by molar-refractivity contribution is 5.37. The summed E-state index contributed by atoms with van der Waals surface area (Å²) in [5.41, 5.74) is 0.845. The maximum atomic E-state index is 6.03. The largest absolute Gasteiger partial charge is 0.472 e. The fourth-order valence-electron chi connectivity index (χ4n) is 2.65. The molecule has 0 N–H and O–H groups in total. The fraction of sp³-hybridized carbons (Fsp3) is 0.538. The van der Waals surface area contributed by atoms with Crippen molar-refractivity contribution in [2.45, 2.75) is 31.4 Å². The van der Waals surface area contributed by atoms with Crippen LogP contribution in [0.15, 0.2) is 24.5 Å². The molecule has 1 fully saturated rings. The standard InChI is InChI=1S/C13H18N4O/c1-16(2)10-4-3-5-11(10)18-13-7-6-12-14-8-9-17(12)15-13/h6-11H,3-5H2,1-2H3. The van der Waals surface area contributed by atoms with Gasteiger partial charge in [0.1, 0.15) is 6.10 Å². The van der Waals surface area contributed by atoms with Gasteiger partial charge in [-0.15, -0.1) is 5.10 Å². The van der Waals surface area contributed by atoms with Crippen molar-refractivity contribution in [3.8, 4) is 5.88 Å². The Balaban J connectivity index is 1.78. The number of nitrogens with zero attached hydrogens (tertiary/aromatic N) is 4. The summed E-state index contributed by atoms with van der Waals surface area (Å²) in [7, 11) is 4.22. The Morgan fingerprint density at radius 2 is 2.22 bits per heavy atom. The van der Waals surface area contributed by atoms with E-state index in [0.717, 1.165) is 12.1 Å². The van der Waals surface area contributed by atoms with Gasteiger partial charge >= 0.3 is 0 Å². The van der Waals surface area contributed by atoms with Crippen LogP contribution in [0.4, 0.5) is 0 Å². The van der Waals surface area contributed by atoms with Crippen LogP contribution in [-0.2, 0) is 0 Å². The topological polar surface area (TPSA) is 42.7 Å². The van der Waals surface area contributed by atoms with Crippen molar-refractivity contribution in [2.75, 3.05) is 14.1 Å². The molecule has 0 aromatic carbocycles. The molecule has 0 saturated heterocycles. The Bertz CT molecular complexity index is 537. The molecule has 1 aliphatic rings. The third-order valence-corrected chi connectivity index (χ3v) is 3.58. The molecule has 2 heterocycles. The monoisotopic (exact) mass is 246 g/mol. The van der Waals surface area contributed by atoms with Gasteiger partial charge in [0.2, 0.25) is 5.88 Å². The molecule has 3 rings (SSSR count). The second kappa shape index (κ2) is 4.57. The number of rotatable bonds is 3. The Morgan fingerprint density at radius 3 is 3.06 bits per heavy atom. The number of hydrogen-bond donors (Lipinski definition) is 0. The van der Waals surface area contributed by atoms with Crippen LogP contribution in [0.2, 0.25) is 0 Å². The molecule has 2 atom stereocenters. The lowest BCUT2D eigenvalue weighted by Crippen LogP contribution is -2.38. The fourth-order valence-corrected chi connectivity index (χ4v) is 2.65. The summed E-state index contributed by atoms with van der Waals surface area (Å²) in [6.45, 7) is 0. The molecule has 5 heteroatoms. The van der Waals surface area contributed by atoms with Crippen LogP contribution in [0.3, 0.4) is 0 Å². The average Bonchev–Trinajstić information content (AvgIpc) is 2.96. The molecule has 1 saturated carbocycles. The van der Waals surface area contributed by atoms with Gasteiger partial charge < -0.3 is 9.64 Å². The summed E-state index contributed by atoms with van der Waals surface area (Å²) < 4.78 is 7.77. The number of fused-ring (bicyclic) bond motifs is 1. The molecule has 0 amide bonds. The van der Waals surface area contributed by atoms with E-state index in [0.29, 0.717) is 11.9 Å². The van der Waals surface area contributed by atoms with E-state index in [1.54, 1.807) is 10.7 Å². The molecule has 2 unspecified atom stereocenters. The highest BCUT2D eigenvalue weighted by Crippen LogP contribution is 2.26. The Morgan fingerprint density at radius 1 is 1.33 bits per heavy atom. The number of imidazole rings is 1. The van der Waals surface area contributed by atoms with Crippen molar-refractivity contribution in [2.24, 2.45) is 0 Å². The first-order valence-electron chi connectivity index (χ1n) is 6.37. The van der Waals surface area contributed by atoms with E-state index < -0.39 is 0 Å². The van der Waals surface area contributed by atoms with Crippen LogP contribution in [-0.4, -0.2) is 45.7 Å². The number of ether oxygens (including phenoxy) is 1. The van der Waals surface area contributed by atoms with Crippen molar-refractivity contribution < 1.29 is 4.74 Å². The smallest absolute Gasteiger partial charge is 0.232 e. The third kappa shape index (κ3) is 2.06. The van der Waals surface area contributed by atoms with E-state index in [4.69, 9.17) is 4.74 Å². The van der Waals surface area contributed by atoms with E-state index in [1.807, 2.05) is 18.3 Å². The van der Waals surface area contributed by atoms with Crippen LogP contribution in [0.25, 0.3) is 5.65 Å². The second-order valence-corrected chi connectivity index (χ2v) is 5.02. The third-order valence-electron chi connectivity index (χ3n) is 3.58. The van der Waals surface area contributed by atoms with Crippen molar-refractivity contribution in [1.29, 1.82) is 0 Å². The lowest BCUT2D eigenvalue weighted by Gasteiger charge is -2.26. The Hall–Kier alpha value is -1.62. The van der Waals surface area contributed by atoms with Crippen LogP contribution >= 0.6 is 0 Å². The molecule has 0 bridgehead atoms. The quantitative estimate of drug-likeness (QED) is 0.825. The molecule has 96 valence electrons. The predicted octanol–water partition coefficient (Wildman–Crippen LogP) is 1.59. The maximum absolute atomic E-state index is 6.03. The highest BCUT2D eigenvalue weighted by Gasteiger charge is 2.30. The zero-order valence-electron chi connectivity index (χ0n) is 10.8. The van der Waals surface area contributed by atoms with Crippen molar-refractivity contribution in [3.63, 3.8) is 0 Å². The molecule has 0 radical (unpaired) electrons. The number of hydrogen-bond acceptors (Lipinski definition) is 4. The number of aromatic nitrogens is 3. The minimum absolute atomic E-state index is 0.244. The van der Waals surface area contributed by atoms with Gasteiger partial charge in [-0.3, -0.25) is 0 Å². The van der Waals surface area contributed by atoms with E-state index in [1.165, 1.54) is 12.8 Å². The van der Waals surface area contributed by atoms with E-state index in [9.17, 15) is 0 Å². The minimum atomic E-state index is 0.244. The first-order valence-corrected chi connectivity index (χ1v) is 6.37. The lowest BCUT2D eigenvalue weighted by atomic mass is 10.2. The van der Waals surface area contributed by atoms with Gasteiger partial charge in [0.15, 0.2) is 5.65 Å². The number of likely N-dealkylation sites (N-methyl/N-ethyl adjacent to an activating group) is 1. The summed E-state index contributed by atoms with van der Waals surface area (Å²) >= 11 is 0. The van der Waals surface area contributed by atoms with Gasteiger partial charge in [0.25, 0.3) is 0 Å². The zero-order valence-corrected chi connectivity index (χ0v) is 10.8. The first kappa shape index (κ1) is 11.5. The molecule has 2 aromatic heterocycles. The summed E-state index contributed by atoms with van der Waals surface area (Å²) in [5.74, 6) is 0.680. The normalized spacial score (nSPS) is 23.9. The van der Waals surface area contributed by atoms with Gasteiger partial charge in [0, 0.05) is 24.5 Å². The van der Waals surface area contributed by atoms with Gasteiger partial charge in [-0.05, 0) is 39.4 Å². The minimum Gasteiger partial charge on any atom is -0.472 e. The van der Waals surface area contributed by atoms with Crippen molar-refractivity contribution in [1.82, 2.24) is 19.5 Å². The predicted molar refractivity (Wildman–Crippen MR) is 68.7 cm³/mol. The first-order chi connectivity index (χ1) is 8.74. The van der Waals surface area contributed by atoms with E-state index in [2.05, 4.69) is 29.1 Å². The molecule has 0 spiro atoms. The van der Waals surface area contributed by atoms with E-state index in [-0.39, 0.29) is 6.10 Å². The zero-order chi connectivity index (χ0) is 12.5. The molecule has 1 aliphatic carbocycles. The molecular weight excluding hydrogens is 228 g/mol. The molecule has 5 nitrogen and oxygen atoms in total. The second-order valence-electron chi connectivity index (χ2n) is 5.02. The summed E-state index contributed by atoms with van der Waals surface area (Å²) in [6.07, 6.45) is 7.34. The highest BCUT2D eigenvalue weighted by atomic mass is 16.5. The van der Waals surface area contributed by atoms with Crippen molar-refractivity contribution >= 4 is 5.65 Å². The molecule has 18 heavy (non-hydrogen) atoms. The SMILES string of the molecule is CN(C)C1CCCC1Oc1ccc2nccn2n1. The van der Waals surface area contributed by atoms with Gasteiger partial charge in [0.05, 0.1) is 0 Å². The Kier molecular flexibility index (Phi) is 2.91. The molecular formula is C13H18N4O. The van der Waals surface area contributed by atoms with Gasteiger partial charge in [-0.2, -0.15) is 0 Å². The Labute approximate surface area is 106 Å². The van der Waals surface area contributed by atoms with Crippen LogP contribution < -0.4 is 4.74 Å². The van der Waals surface area contributed by atoms with Crippen molar-refractivity contribution in [3.05, 3.63) is 24.5 Å². The van der Waals surface area contributed by atoms with Crippen LogP contribution in [0.5, 0.6) is 5.88 Å². The summed E-state index contributed by atoms with van der Waals surface area (Å²) in [6, 6.07) is 4.32. The average molecular weight is 246 g/mol. The van der Waals surface area contributed by atoms with Gasteiger partial charge in [-0.1, -0.05) is 0 Å². The van der Waals surface area contributed by atoms with Gasteiger partial charge in [-0.25, -0.2) is 9.50 Å². The van der Waals surface area contributed by atoms with Crippen LogP contribution in [0, 0.1) is 0 Å². The lowest BCUT2D eigenvalue weighted by molar-refractivity contribution is 0.115. The summed E-state index contributed by atoms with van der Waals surface area (Å²) in [5, 5.41) is 4.41. The summed E-state index contributed by atoms with van der Waals surface area (Å²) in [4.78, 5) is 6.41. The van der Waals surface area contributed by atoms with E-state index >= 15 is 0 Å². The molecule has 0 aliphatic heterocycles. The maximum Gasteiger partial charge on any atom is 0.232 e.